The van der Waals surface area contributed by atoms with Gasteiger partial charge in [0.05, 0.1) is 18.2 Å². The summed E-state index contributed by atoms with van der Waals surface area (Å²) in [7, 11) is 0. The summed E-state index contributed by atoms with van der Waals surface area (Å²) in [5, 5.41) is 9.09. The summed E-state index contributed by atoms with van der Waals surface area (Å²) < 4.78 is 1.27. The first kappa shape index (κ1) is 23.8. The zero-order chi connectivity index (χ0) is 24.8. The Hall–Kier alpha value is -4.38. The van der Waals surface area contributed by atoms with Crippen LogP contribution in [0.5, 0.6) is 0 Å². The number of allylic oxidation sites excluding steroid dienone is 1. The molecular weight excluding hydrogens is 442 g/mol. The molecule has 0 radical (unpaired) electrons. The summed E-state index contributed by atoms with van der Waals surface area (Å²) in [6.07, 6.45) is 6.99. The number of nitrogen functional groups attached to an aromatic ring is 1. The summed E-state index contributed by atoms with van der Waals surface area (Å²) in [6, 6.07) is 17.5. The van der Waals surface area contributed by atoms with Crippen LogP contribution < -0.4 is 21.9 Å². The van der Waals surface area contributed by atoms with E-state index >= 15 is 0 Å². The number of anilines is 2. The molecule has 3 aromatic rings. The molecule has 0 atom stereocenters. The van der Waals surface area contributed by atoms with E-state index < -0.39 is 17.2 Å². The lowest BCUT2D eigenvalue weighted by Crippen LogP contribution is -2.42. The number of amides is 1. The Balaban J connectivity index is 1.76. The van der Waals surface area contributed by atoms with Gasteiger partial charge in [-0.25, -0.2) is 4.79 Å². The van der Waals surface area contributed by atoms with Crippen LogP contribution in [0.3, 0.4) is 0 Å². The van der Waals surface area contributed by atoms with Crippen LogP contribution in [0, 0.1) is 11.3 Å². The summed E-state index contributed by atoms with van der Waals surface area (Å²) >= 11 is 0. The Morgan fingerprint density at radius 2 is 1.83 bits per heavy atom. The standard InChI is InChI=1S/C27H27N5O3/c28-17-20-11-13-22(14-12-20)26(34)31(16-15-19-7-3-1-4-8-19)23-24(29)32(27(35)30-25(23)33)18-21-9-5-2-6-10-21/h2,5-7,9-14H,1,3-4,8,15-16,18,29H2,(H,30,33,35). The molecular formula is C27H27N5O3. The van der Waals surface area contributed by atoms with Gasteiger partial charge in [-0.1, -0.05) is 42.0 Å². The van der Waals surface area contributed by atoms with Gasteiger partial charge < -0.3 is 10.6 Å². The molecule has 1 aromatic heterocycles. The number of aromatic nitrogens is 2. The smallest absolute Gasteiger partial charge is 0.330 e. The van der Waals surface area contributed by atoms with E-state index in [1.807, 2.05) is 36.4 Å². The molecule has 4 rings (SSSR count). The highest BCUT2D eigenvalue weighted by atomic mass is 16.2. The van der Waals surface area contributed by atoms with Crippen LogP contribution in [0.2, 0.25) is 0 Å². The Morgan fingerprint density at radius 3 is 2.49 bits per heavy atom. The fourth-order valence-corrected chi connectivity index (χ4v) is 4.31. The third-order valence-corrected chi connectivity index (χ3v) is 6.22. The SMILES string of the molecule is N#Cc1ccc(C(=O)N(CCC2=CCCCC2)c2c(N)n(Cc3ccccc3)c(=O)[nH]c2=O)cc1. The van der Waals surface area contributed by atoms with Crippen molar-refractivity contribution in [3.63, 3.8) is 0 Å². The molecule has 0 aliphatic heterocycles. The zero-order valence-corrected chi connectivity index (χ0v) is 19.4. The predicted octanol–water partition coefficient (Wildman–Crippen LogP) is 3.58. The highest BCUT2D eigenvalue weighted by Crippen LogP contribution is 2.25. The van der Waals surface area contributed by atoms with Crippen molar-refractivity contribution in [1.29, 1.82) is 5.26 Å². The minimum absolute atomic E-state index is 0.0497. The molecule has 0 bridgehead atoms. The Labute approximate surface area is 202 Å². The third-order valence-electron chi connectivity index (χ3n) is 6.22. The maximum absolute atomic E-state index is 13.6. The van der Waals surface area contributed by atoms with E-state index in [9.17, 15) is 14.4 Å². The van der Waals surface area contributed by atoms with Crippen molar-refractivity contribution in [2.45, 2.75) is 38.6 Å². The summed E-state index contributed by atoms with van der Waals surface area (Å²) in [4.78, 5) is 42.9. The second-order valence-electron chi connectivity index (χ2n) is 8.57. The fraction of sp³-hybridized carbons (Fsp3) is 0.259. The van der Waals surface area contributed by atoms with Gasteiger partial charge in [0.2, 0.25) is 0 Å². The molecule has 0 saturated heterocycles. The van der Waals surface area contributed by atoms with Gasteiger partial charge in [-0.05, 0) is 61.9 Å². The first-order valence-corrected chi connectivity index (χ1v) is 11.6. The summed E-state index contributed by atoms with van der Waals surface area (Å²) in [6.45, 7) is 0.390. The molecule has 8 heteroatoms. The molecule has 1 aliphatic carbocycles. The van der Waals surface area contributed by atoms with Crippen LogP contribution in [0.25, 0.3) is 0 Å². The van der Waals surface area contributed by atoms with Crippen LogP contribution in [0.1, 0.15) is 53.6 Å². The average Bonchev–Trinajstić information content (AvgIpc) is 2.89. The third kappa shape index (κ3) is 5.41. The zero-order valence-electron chi connectivity index (χ0n) is 19.4. The number of benzene rings is 2. The maximum atomic E-state index is 13.6. The molecule has 3 N–H and O–H groups in total. The maximum Gasteiger partial charge on any atom is 0.330 e. The van der Waals surface area contributed by atoms with E-state index in [4.69, 9.17) is 11.0 Å². The number of H-pyrrole nitrogens is 1. The Kier molecular flexibility index (Phi) is 7.27. The molecule has 1 aliphatic rings. The van der Waals surface area contributed by atoms with Crippen LogP contribution in [-0.2, 0) is 6.54 Å². The van der Waals surface area contributed by atoms with E-state index in [-0.39, 0.29) is 24.6 Å². The van der Waals surface area contributed by atoms with Crippen molar-refractivity contribution in [3.8, 4) is 6.07 Å². The van der Waals surface area contributed by atoms with Gasteiger partial charge >= 0.3 is 5.69 Å². The molecule has 8 nitrogen and oxygen atoms in total. The monoisotopic (exact) mass is 469 g/mol. The number of carbonyl (C=O) groups excluding carboxylic acids is 1. The van der Waals surface area contributed by atoms with Crippen molar-refractivity contribution in [3.05, 3.63) is 104 Å². The van der Waals surface area contributed by atoms with Crippen molar-refractivity contribution in [2.75, 3.05) is 17.2 Å². The average molecular weight is 470 g/mol. The van der Waals surface area contributed by atoms with Gasteiger partial charge in [0, 0.05) is 12.1 Å². The number of nitrogens with one attached hydrogen (secondary N) is 1. The van der Waals surface area contributed by atoms with Crippen molar-refractivity contribution >= 4 is 17.4 Å². The first-order valence-electron chi connectivity index (χ1n) is 11.6. The molecule has 0 unspecified atom stereocenters. The number of nitrogens with zero attached hydrogens (tertiary/aromatic N) is 3. The Morgan fingerprint density at radius 1 is 1.09 bits per heavy atom. The van der Waals surface area contributed by atoms with Gasteiger partial charge in [-0.3, -0.25) is 19.1 Å². The van der Waals surface area contributed by atoms with Crippen LogP contribution >= 0.6 is 0 Å². The molecule has 1 heterocycles. The predicted molar refractivity (Wildman–Crippen MR) is 135 cm³/mol. The van der Waals surface area contributed by atoms with E-state index in [1.54, 1.807) is 24.3 Å². The van der Waals surface area contributed by atoms with Crippen LogP contribution in [-0.4, -0.2) is 22.0 Å². The van der Waals surface area contributed by atoms with Crippen LogP contribution in [0.15, 0.2) is 75.8 Å². The second-order valence-corrected chi connectivity index (χ2v) is 8.57. The normalized spacial score (nSPS) is 13.1. The minimum atomic E-state index is -0.712. The largest absolute Gasteiger partial charge is 0.383 e. The molecule has 35 heavy (non-hydrogen) atoms. The topological polar surface area (TPSA) is 125 Å². The van der Waals surface area contributed by atoms with Crippen molar-refractivity contribution in [1.82, 2.24) is 9.55 Å². The number of aromatic amines is 1. The van der Waals surface area contributed by atoms with Crippen molar-refractivity contribution < 1.29 is 4.79 Å². The fourth-order valence-electron chi connectivity index (χ4n) is 4.31. The lowest BCUT2D eigenvalue weighted by molar-refractivity contribution is 0.0986. The summed E-state index contributed by atoms with van der Waals surface area (Å²) in [5.41, 5.74) is 7.81. The molecule has 0 spiro atoms. The second kappa shape index (κ2) is 10.7. The number of nitrogens with two attached hydrogens (primary N) is 1. The molecule has 2 aromatic carbocycles. The van der Waals surface area contributed by atoms with E-state index in [0.29, 0.717) is 17.5 Å². The quantitative estimate of drug-likeness (QED) is 0.512. The first-order chi connectivity index (χ1) is 17.0. The van der Waals surface area contributed by atoms with Gasteiger partial charge in [0.1, 0.15) is 5.82 Å². The van der Waals surface area contributed by atoms with Gasteiger partial charge in [-0.15, -0.1) is 0 Å². The molecule has 178 valence electrons. The lowest BCUT2D eigenvalue weighted by Gasteiger charge is -2.26. The number of hydrogen-bond donors (Lipinski definition) is 2. The number of rotatable bonds is 7. The molecule has 0 fully saturated rings. The van der Waals surface area contributed by atoms with Crippen molar-refractivity contribution in [2.24, 2.45) is 0 Å². The molecule has 1 amide bonds. The van der Waals surface area contributed by atoms with Crippen LogP contribution in [0.4, 0.5) is 11.5 Å². The van der Waals surface area contributed by atoms with E-state index in [1.165, 1.54) is 15.0 Å². The highest BCUT2D eigenvalue weighted by Gasteiger charge is 2.25. The lowest BCUT2D eigenvalue weighted by atomic mass is 9.97. The number of carbonyl (C=O) groups is 1. The summed E-state index contributed by atoms with van der Waals surface area (Å²) in [5.74, 6) is -0.491. The highest BCUT2D eigenvalue weighted by molar-refractivity contribution is 6.07. The number of hydrogen-bond acceptors (Lipinski definition) is 5. The Bertz CT molecular complexity index is 1400. The van der Waals surface area contributed by atoms with E-state index in [2.05, 4.69) is 11.1 Å². The number of nitriles is 1. The van der Waals surface area contributed by atoms with E-state index in [0.717, 1.165) is 31.2 Å². The van der Waals surface area contributed by atoms with Gasteiger partial charge in [0.25, 0.3) is 11.5 Å². The van der Waals surface area contributed by atoms with Gasteiger partial charge in [-0.2, -0.15) is 5.26 Å². The molecule has 0 saturated carbocycles. The van der Waals surface area contributed by atoms with Gasteiger partial charge in [0.15, 0.2) is 5.69 Å². The minimum Gasteiger partial charge on any atom is -0.383 e.